The third kappa shape index (κ3) is 5.86. The summed E-state index contributed by atoms with van der Waals surface area (Å²) in [4.78, 5) is 24.8. The van der Waals surface area contributed by atoms with Crippen molar-refractivity contribution in [3.05, 3.63) is 95.2 Å². The van der Waals surface area contributed by atoms with Gasteiger partial charge in [0.2, 0.25) is 5.91 Å². The molecule has 0 aliphatic carbocycles. The average Bonchev–Trinajstić information content (AvgIpc) is 3.44. The van der Waals surface area contributed by atoms with Crippen molar-refractivity contribution >= 4 is 40.0 Å². The van der Waals surface area contributed by atoms with E-state index in [1.165, 1.54) is 13.2 Å². The fraction of sp³-hybridized carbons (Fsp3) is 0.212. The molecule has 0 bridgehead atoms. The Morgan fingerprint density at radius 1 is 1.02 bits per heavy atom. The molecule has 0 spiro atoms. The van der Waals surface area contributed by atoms with Gasteiger partial charge in [0.1, 0.15) is 17.1 Å². The molecule has 10 heteroatoms. The number of halogens is 2. The lowest BCUT2D eigenvalue weighted by Crippen LogP contribution is -2.35. The number of methoxy groups -OCH3 is 1. The summed E-state index contributed by atoms with van der Waals surface area (Å²) in [7, 11) is 1.52. The van der Waals surface area contributed by atoms with Crippen LogP contribution in [-0.4, -0.2) is 40.6 Å². The topological polar surface area (TPSA) is 101 Å². The Balaban J connectivity index is 1.29. The zero-order chi connectivity index (χ0) is 29.9. The summed E-state index contributed by atoms with van der Waals surface area (Å²) in [6.45, 7) is 2.84. The maximum Gasteiger partial charge on any atom is 0.220 e. The summed E-state index contributed by atoms with van der Waals surface area (Å²) < 4.78 is 21.1. The van der Waals surface area contributed by atoms with Gasteiger partial charge in [-0.15, -0.1) is 0 Å². The van der Waals surface area contributed by atoms with E-state index in [0.717, 1.165) is 34.3 Å². The summed E-state index contributed by atoms with van der Waals surface area (Å²) in [6.07, 6.45) is 6.28. The van der Waals surface area contributed by atoms with Crippen molar-refractivity contribution in [2.24, 2.45) is 0 Å². The number of fused-ring (bicyclic) bond motifs is 1. The minimum Gasteiger partial charge on any atom is -0.496 e. The summed E-state index contributed by atoms with van der Waals surface area (Å²) in [5.74, 6) is 0.684. The van der Waals surface area contributed by atoms with E-state index >= 15 is 4.39 Å². The molecule has 0 radical (unpaired) electrons. The quantitative estimate of drug-likeness (QED) is 0.177. The van der Waals surface area contributed by atoms with E-state index in [-0.39, 0.29) is 18.5 Å². The SMILES string of the molecule is COc1cc(-c2cccc(-c3cccc(Nc4nccc5nccnc45)c3C)c2Cl)cc(F)c1CNC[C@@H]1CCC(=O)N1. The number of nitrogens with one attached hydrogen (secondary N) is 3. The van der Waals surface area contributed by atoms with Crippen molar-refractivity contribution < 1.29 is 13.9 Å². The molecule has 1 atom stereocenters. The number of anilines is 2. The highest BCUT2D eigenvalue weighted by atomic mass is 35.5. The summed E-state index contributed by atoms with van der Waals surface area (Å²) >= 11 is 7.04. The molecular formula is C33H30ClFN6O2. The predicted octanol–water partition coefficient (Wildman–Crippen LogP) is 6.58. The lowest BCUT2D eigenvalue weighted by Gasteiger charge is -2.18. The van der Waals surface area contributed by atoms with Crippen LogP contribution >= 0.6 is 11.6 Å². The first-order valence-electron chi connectivity index (χ1n) is 14.0. The number of rotatable bonds is 9. The number of amides is 1. The van der Waals surface area contributed by atoms with Gasteiger partial charge in [0.05, 0.1) is 17.6 Å². The van der Waals surface area contributed by atoms with Crippen LogP contribution < -0.4 is 20.7 Å². The monoisotopic (exact) mass is 596 g/mol. The smallest absolute Gasteiger partial charge is 0.220 e. The molecule has 1 fully saturated rings. The first-order chi connectivity index (χ1) is 20.9. The van der Waals surface area contributed by atoms with Crippen molar-refractivity contribution in [1.29, 1.82) is 0 Å². The zero-order valence-corrected chi connectivity index (χ0v) is 24.5. The van der Waals surface area contributed by atoms with Crippen LogP contribution in [0.3, 0.4) is 0 Å². The van der Waals surface area contributed by atoms with Crippen LogP contribution in [0.5, 0.6) is 5.75 Å². The van der Waals surface area contributed by atoms with Gasteiger partial charge in [0.15, 0.2) is 5.82 Å². The van der Waals surface area contributed by atoms with Crippen LogP contribution in [0, 0.1) is 12.7 Å². The molecule has 5 aromatic rings. The number of nitrogens with zero attached hydrogens (tertiary/aromatic N) is 3. The van der Waals surface area contributed by atoms with E-state index in [2.05, 4.69) is 30.9 Å². The Hall–Kier alpha value is -4.60. The van der Waals surface area contributed by atoms with E-state index in [4.69, 9.17) is 16.3 Å². The normalized spacial score (nSPS) is 14.6. The highest BCUT2D eigenvalue weighted by molar-refractivity contribution is 6.36. The number of carbonyl (C=O) groups excluding carboxylic acids is 1. The van der Waals surface area contributed by atoms with Crippen LogP contribution in [0.15, 0.2) is 73.2 Å². The van der Waals surface area contributed by atoms with Crippen LogP contribution in [0.25, 0.3) is 33.3 Å². The molecule has 3 heterocycles. The maximum atomic E-state index is 15.5. The number of ether oxygens (including phenoxy) is 1. The number of hydrogen-bond acceptors (Lipinski definition) is 7. The van der Waals surface area contributed by atoms with Gasteiger partial charge in [-0.25, -0.2) is 14.4 Å². The number of hydrogen-bond donors (Lipinski definition) is 3. The minimum absolute atomic E-state index is 0.0499. The molecule has 0 unspecified atom stereocenters. The van der Waals surface area contributed by atoms with Gasteiger partial charge in [0, 0.05) is 66.5 Å². The van der Waals surface area contributed by atoms with Crippen molar-refractivity contribution in [3.8, 4) is 28.0 Å². The van der Waals surface area contributed by atoms with Crippen molar-refractivity contribution in [1.82, 2.24) is 25.6 Å². The van der Waals surface area contributed by atoms with Gasteiger partial charge in [-0.3, -0.25) is 9.78 Å². The first kappa shape index (κ1) is 28.5. The van der Waals surface area contributed by atoms with Gasteiger partial charge < -0.3 is 20.7 Å². The van der Waals surface area contributed by atoms with Gasteiger partial charge >= 0.3 is 0 Å². The second-order valence-corrected chi connectivity index (χ2v) is 10.8. The van der Waals surface area contributed by atoms with Crippen LogP contribution in [0.1, 0.15) is 24.0 Å². The third-order valence-electron chi connectivity index (χ3n) is 7.73. The molecule has 3 N–H and O–H groups in total. The molecule has 6 rings (SSSR count). The van der Waals surface area contributed by atoms with Crippen LogP contribution in [0.2, 0.25) is 5.02 Å². The van der Waals surface area contributed by atoms with Crippen molar-refractivity contribution in [2.45, 2.75) is 32.4 Å². The number of pyridine rings is 1. The van der Waals surface area contributed by atoms with Crippen LogP contribution in [-0.2, 0) is 11.3 Å². The van der Waals surface area contributed by atoms with Gasteiger partial charge in [-0.2, -0.15) is 0 Å². The Bertz CT molecular complexity index is 1830. The highest BCUT2D eigenvalue weighted by Gasteiger charge is 2.21. The largest absolute Gasteiger partial charge is 0.496 e. The fourth-order valence-corrected chi connectivity index (χ4v) is 5.80. The standard InChI is InChI=1S/C33H30ClFN6O2/c1-19-22(5-4-8-27(19)41-33-32-28(11-12-39-33)37-13-14-38-32)24-7-3-6-23(31(24)34)20-15-26(35)25(29(16-20)43-2)18-36-17-21-9-10-30(42)40-21/h3-8,11-16,21,36H,9-10,17-18H2,1-2H3,(H,39,41)(H,40,42)/t21-/m0/s1. The Morgan fingerprint density at radius 3 is 2.63 bits per heavy atom. The van der Waals surface area contributed by atoms with E-state index in [1.54, 1.807) is 24.7 Å². The summed E-state index contributed by atoms with van der Waals surface area (Å²) in [5, 5.41) is 10.1. The maximum absolute atomic E-state index is 15.5. The average molecular weight is 597 g/mol. The molecule has 0 saturated carbocycles. The Kier molecular flexibility index (Phi) is 8.18. The van der Waals surface area contributed by atoms with Gasteiger partial charge in [0.25, 0.3) is 0 Å². The molecule has 218 valence electrons. The first-order valence-corrected chi connectivity index (χ1v) is 14.4. The van der Waals surface area contributed by atoms with E-state index in [9.17, 15) is 4.79 Å². The Morgan fingerprint density at radius 2 is 1.81 bits per heavy atom. The molecule has 1 aliphatic rings. The molecule has 3 aromatic carbocycles. The van der Waals surface area contributed by atoms with Gasteiger partial charge in [-0.05, 0) is 54.3 Å². The molecule has 1 saturated heterocycles. The highest BCUT2D eigenvalue weighted by Crippen LogP contribution is 2.41. The lowest BCUT2D eigenvalue weighted by atomic mass is 9.94. The second-order valence-electron chi connectivity index (χ2n) is 10.4. The van der Waals surface area contributed by atoms with Crippen molar-refractivity contribution in [3.63, 3.8) is 0 Å². The molecule has 1 amide bonds. The number of carbonyl (C=O) groups is 1. The molecule has 2 aromatic heterocycles. The fourth-order valence-electron chi connectivity index (χ4n) is 5.46. The second kappa shape index (κ2) is 12.3. The summed E-state index contributed by atoms with van der Waals surface area (Å²) in [6, 6.07) is 16.8. The molecular weight excluding hydrogens is 567 g/mol. The van der Waals surface area contributed by atoms with Gasteiger partial charge in [-0.1, -0.05) is 41.9 Å². The molecule has 8 nitrogen and oxygen atoms in total. The predicted molar refractivity (Wildman–Crippen MR) is 167 cm³/mol. The molecule has 43 heavy (non-hydrogen) atoms. The van der Waals surface area contributed by atoms with Crippen molar-refractivity contribution in [2.75, 3.05) is 19.0 Å². The lowest BCUT2D eigenvalue weighted by molar-refractivity contribution is -0.119. The van der Waals surface area contributed by atoms with E-state index in [0.29, 0.717) is 51.8 Å². The summed E-state index contributed by atoms with van der Waals surface area (Å²) in [5.41, 5.74) is 6.70. The minimum atomic E-state index is -0.396. The molecule has 1 aliphatic heterocycles. The van der Waals surface area contributed by atoms with E-state index in [1.807, 2.05) is 49.4 Å². The Labute approximate surface area is 253 Å². The van der Waals surface area contributed by atoms with E-state index < -0.39 is 5.82 Å². The zero-order valence-electron chi connectivity index (χ0n) is 23.7. The number of benzene rings is 3. The van der Waals surface area contributed by atoms with Crippen LogP contribution in [0.4, 0.5) is 15.9 Å². The third-order valence-corrected chi connectivity index (χ3v) is 8.13. The number of aromatic nitrogens is 3.